The summed E-state index contributed by atoms with van der Waals surface area (Å²) >= 11 is 0. The molecule has 22 heavy (non-hydrogen) atoms. The van der Waals surface area contributed by atoms with Crippen LogP contribution >= 0.6 is 0 Å². The number of carbonyl (C=O) groups excluding carboxylic acids is 1. The van der Waals surface area contributed by atoms with Gasteiger partial charge in [-0.2, -0.15) is 0 Å². The zero-order chi connectivity index (χ0) is 15.8. The molecule has 0 spiro atoms. The molecule has 0 N–H and O–H groups in total. The first-order valence-corrected chi connectivity index (χ1v) is 7.51. The first-order valence-electron chi connectivity index (χ1n) is 7.51. The third-order valence-electron chi connectivity index (χ3n) is 3.47. The molecule has 2 rings (SSSR count). The predicted octanol–water partition coefficient (Wildman–Crippen LogP) is 1.97. The highest BCUT2D eigenvalue weighted by Gasteiger charge is 2.15. The van der Waals surface area contributed by atoms with Gasteiger partial charge in [-0.1, -0.05) is 18.2 Å². The van der Waals surface area contributed by atoms with Gasteiger partial charge in [0.2, 0.25) is 0 Å². The molecule has 0 radical (unpaired) electrons. The minimum Gasteiger partial charge on any atom is -0.496 e. The molecule has 5 nitrogen and oxygen atoms in total. The summed E-state index contributed by atoms with van der Waals surface area (Å²) < 4.78 is 15.9. The molecule has 120 valence electrons. The molecule has 1 heterocycles. The van der Waals surface area contributed by atoms with Gasteiger partial charge in [0.15, 0.2) is 0 Å². The van der Waals surface area contributed by atoms with Gasteiger partial charge in [-0.3, -0.25) is 4.90 Å². The lowest BCUT2D eigenvalue weighted by atomic mass is 10.2. The Bertz CT molecular complexity index is 509. The van der Waals surface area contributed by atoms with E-state index in [0.717, 1.165) is 44.2 Å². The second-order valence-electron chi connectivity index (χ2n) is 5.24. The minimum absolute atomic E-state index is 0.145. The molecule has 0 aliphatic carbocycles. The van der Waals surface area contributed by atoms with Crippen molar-refractivity contribution < 1.29 is 19.0 Å². The van der Waals surface area contributed by atoms with Crippen LogP contribution in [0, 0.1) is 0 Å². The summed E-state index contributed by atoms with van der Waals surface area (Å²) in [4.78, 5) is 14.1. The number of nitrogens with zero attached hydrogens (tertiary/aromatic N) is 1. The van der Waals surface area contributed by atoms with Crippen LogP contribution in [0.25, 0.3) is 6.08 Å². The molecule has 0 unspecified atom stereocenters. The number of hydrogen-bond donors (Lipinski definition) is 0. The van der Waals surface area contributed by atoms with Crippen molar-refractivity contribution in [1.82, 2.24) is 4.90 Å². The average Bonchev–Trinajstić information content (AvgIpc) is 2.54. The van der Waals surface area contributed by atoms with Gasteiger partial charge in [0, 0.05) is 31.3 Å². The molecule has 0 saturated carbocycles. The van der Waals surface area contributed by atoms with Gasteiger partial charge < -0.3 is 14.2 Å². The summed E-state index contributed by atoms with van der Waals surface area (Å²) in [6.07, 6.45) is 3.00. The van der Waals surface area contributed by atoms with Gasteiger partial charge in [-0.05, 0) is 19.1 Å². The van der Waals surface area contributed by atoms with Crippen LogP contribution < -0.4 is 4.74 Å². The largest absolute Gasteiger partial charge is 0.496 e. The fourth-order valence-corrected chi connectivity index (χ4v) is 2.38. The zero-order valence-electron chi connectivity index (χ0n) is 13.2. The minimum atomic E-state index is -0.341. The second kappa shape index (κ2) is 8.56. The molecule has 1 aromatic carbocycles. The van der Waals surface area contributed by atoms with Crippen LogP contribution in [0.5, 0.6) is 5.75 Å². The van der Waals surface area contributed by atoms with Gasteiger partial charge >= 0.3 is 5.97 Å². The van der Waals surface area contributed by atoms with Crippen molar-refractivity contribution in [2.24, 2.45) is 0 Å². The Morgan fingerprint density at radius 3 is 2.82 bits per heavy atom. The molecular weight excluding hydrogens is 282 g/mol. The smallest absolute Gasteiger partial charge is 0.331 e. The van der Waals surface area contributed by atoms with Gasteiger partial charge in [-0.25, -0.2) is 4.79 Å². The molecule has 1 atom stereocenters. The molecule has 1 fully saturated rings. The van der Waals surface area contributed by atoms with E-state index in [2.05, 4.69) is 4.90 Å². The van der Waals surface area contributed by atoms with Gasteiger partial charge in [-0.15, -0.1) is 0 Å². The Hall–Kier alpha value is -1.85. The number of carbonyl (C=O) groups is 1. The van der Waals surface area contributed by atoms with Crippen LogP contribution in [-0.4, -0.2) is 56.9 Å². The van der Waals surface area contributed by atoms with Crippen LogP contribution in [0.1, 0.15) is 12.5 Å². The number of rotatable bonds is 6. The van der Waals surface area contributed by atoms with Crippen molar-refractivity contribution in [1.29, 1.82) is 0 Å². The fourth-order valence-electron chi connectivity index (χ4n) is 2.38. The second-order valence-corrected chi connectivity index (χ2v) is 5.24. The van der Waals surface area contributed by atoms with E-state index in [1.165, 1.54) is 6.08 Å². The quantitative estimate of drug-likeness (QED) is 0.594. The van der Waals surface area contributed by atoms with E-state index in [1.807, 2.05) is 31.2 Å². The third-order valence-corrected chi connectivity index (χ3v) is 3.47. The SMILES string of the molecule is COc1ccccc1/C=C/C(=O)O[C@@H](C)CN1CCOCC1. The first-order chi connectivity index (χ1) is 10.7. The van der Waals surface area contributed by atoms with E-state index in [1.54, 1.807) is 13.2 Å². The maximum absolute atomic E-state index is 11.9. The zero-order valence-corrected chi connectivity index (χ0v) is 13.2. The number of ether oxygens (including phenoxy) is 3. The summed E-state index contributed by atoms with van der Waals surface area (Å²) in [6, 6.07) is 7.53. The standard InChI is InChI=1S/C17H23NO4/c1-14(13-18-9-11-21-12-10-18)22-17(19)8-7-15-5-3-4-6-16(15)20-2/h3-8,14H,9-13H2,1-2H3/b8-7+/t14-/m0/s1. The summed E-state index contributed by atoms with van der Waals surface area (Å²) in [6.45, 7) is 5.91. The van der Waals surface area contributed by atoms with Crippen LogP contribution in [0.3, 0.4) is 0 Å². The van der Waals surface area contributed by atoms with Gasteiger partial charge in [0.05, 0.1) is 20.3 Å². The molecular formula is C17H23NO4. The molecule has 1 aliphatic heterocycles. The molecule has 0 aromatic heterocycles. The molecule has 0 bridgehead atoms. The van der Waals surface area contributed by atoms with E-state index >= 15 is 0 Å². The molecule has 1 aliphatic rings. The lowest BCUT2D eigenvalue weighted by Crippen LogP contribution is -2.41. The highest BCUT2D eigenvalue weighted by molar-refractivity contribution is 5.87. The Labute approximate surface area is 131 Å². The highest BCUT2D eigenvalue weighted by atomic mass is 16.5. The van der Waals surface area contributed by atoms with Crippen molar-refractivity contribution in [3.8, 4) is 5.75 Å². The number of benzene rings is 1. The van der Waals surface area contributed by atoms with Crippen molar-refractivity contribution in [2.45, 2.75) is 13.0 Å². The molecule has 1 aromatic rings. The Balaban J connectivity index is 1.82. The maximum Gasteiger partial charge on any atom is 0.331 e. The summed E-state index contributed by atoms with van der Waals surface area (Å²) in [7, 11) is 1.61. The molecule has 0 amide bonds. The molecule has 1 saturated heterocycles. The highest BCUT2D eigenvalue weighted by Crippen LogP contribution is 2.18. The van der Waals surface area contributed by atoms with E-state index in [9.17, 15) is 4.79 Å². The van der Waals surface area contributed by atoms with E-state index < -0.39 is 0 Å². The van der Waals surface area contributed by atoms with Crippen LogP contribution in [0.2, 0.25) is 0 Å². The molecule has 5 heteroatoms. The fraction of sp³-hybridized carbons (Fsp3) is 0.471. The van der Waals surface area contributed by atoms with Gasteiger partial charge in [0.1, 0.15) is 11.9 Å². The van der Waals surface area contributed by atoms with E-state index in [-0.39, 0.29) is 12.1 Å². The summed E-state index contributed by atoms with van der Waals surface area (Å²) in [5.41, 5.74) is 0.850. The lowest BCUT2D eigenvalue weighted by Gasteiger charge is -2.28. The van der Waals surface area contributed by atoms with E-state index in [4.69, 9.17) is 14.2 Å². The van der Waals surface area contributed by atoms with Crippen molar-refractivity contribution >= 4 is 12.0 Å². The van der Waals surface area contributed by atoms with E-state index in [0.29, 0.717) is 0 Å². The average molecular weight is 305 g/mol. The Morgan fingerprint density at radius 2 is 2.09 bits per heavy atom. The van der Waals surface area contributed by atoms with Crippen LogP contribution in [0.15, 0.2) is 30.3 Å². The Kier molecular flexibility index (Phi) is 6.43. The number of hydrogen-bond acceptors (Lipinski definition) is 5. The predicted molar refractivity (Wildman–Crippen MR) is 84.8 cm³/mol. The Morgan fingerprint density at radius 1 is 1.36 bits per heavy atom. The van der Waals surface area contributed by atoms with Gasteiger partial charge in [0.25, 0.3) is 0 Å². The monoisotopic (exact) mass is 305 g/mol. The van der Waals surface area contributed by atoms with Crippen LogP contribution in [-0.2, 0) is 14.3 Å². The van der Waals surface area contributed by atoms with Crippen LogP contribution in [0.4, 0.5) is 0 Å². The number of methoxy groups -OCH3 is 1. The maximum atomic E-state index is 11.9. The number of para-hydroxylation sites is 1. The normalized spacial score (nSPS) is 17.4. The van der Waals surface area contributed by atoms with Crippen molar-refractivity contribution in [2.75, 3.05) is 40.0 Å². The summed E-state index contributed by atoms with van der Waals surface area (Å²) in [5, 5.41) is 0. The topological polar surface area (TPSA) is 48.0 Å². The van der Waals surface area contributed by atoms with Crippen molar-refractivity contribution in [3.05, 3.63) is 35.9 Å². The number of esters is 1. The summed E-state index contributed by atoms with van der Waals surface area (Å²) in [5.74, 6) is 0.389. The first kappa shape index (κ1) is 16.5. The van der Waals surface area contributed by atoms with Crippen molar-refractivity contribution in [3.63, 3.8) is 0 Å². The lowest BCUT2D eigenvalue weighted by molar-refractivity contribution is -0.143. The number of morpholine rings is 1. The third kappa shape index (κ3) is 5.16.